The van der Waals surface area contributed by atoms with Gasteiger partial charge in [-0.2, -0.15) is 0 Å². The van der Waals surface area contributed by atoms with Crippen molar-refractivity contribution in [2.24, 2.45) is 0 Å². The summed E-state index contributed by atoms with van der Waals surface area (Å²) in [5, 5.41) is 6.58. The fourth-order valence-electron chi connectivity index (χ4n) is 1.29. The van der Waals surface area contributed by atoms with Crippen molar-refractivity contribution >= 4 is 17.5 Å². The summed E-state index contributed by atoms with van der Waals surface area (Å²) in [4.78, 5) is 15.8. The summed E-state index contributed by atoms with van der Waals surface area (Å²) in [5.41, 5.74) is 1.11. The summed E-state index contributed by atoms with van der Waals surface area (Å²) >= 11 is 5.95. The maximum atomic E-state index is 11.8. The van der Waals surface area contributed by atoms with E-state index >= 15 is 0 Å². The van der Waals surface area contributed by atoms with Gasteiger partial charge in [0.25, 0.3) is 5.91 Å². The van der Waals surface area contributed by atoms with Crippen LogP contribution in [0.25, 0.3) is 0 Å². The molecule has 1 N–H and O–H groups in total. The molecule has 2 aromatic rings. The maximum absolute atomic E-state index is 11.8. The molecule has 0 spiro atoms. The number of hydrogen-bond acceptors (Lipinski definition) is 4. The number of nitrogens with zero attached hydrogens (tertiary/aromatic N) is 2. The number of pyridine rings is 1. The van der Waals surface area contributed by atoms with Crippen molar-refractivity contribution in [1.29, 1.82) is 0 Å². The minimum Gasteiger partial charge on any atom is -0.360 e. The van der Waals surface area contributed by atoms with Crippen molar-refractivity contribution < 1.29 is 9.32 Å². The van der Waals surface area contributed by atoms with E-state index < -0.39 is 0 Å². The van der Waals surface area contributed by atoms with E-state index in [1.165, 1.54) is 12.4 Å². The second kappa shape index (κ2) is 4.97. The Morgan fingerprint density at radius 2 is 2.41 bits per heavy atom. The lowest BCUT2D eigenvalue weighted by Crippen LogP contribution is -2.23. The lowest BCUT2D eigenvalue weighted by molar-refractivity contribution is 0.0947. The SMILES string of the molecule is Cc1cc(Cl)c(C(=O)NCc2ccno2)cn1. The van der Waals surface area contributed by atoms with Crippen LogP contribution in [0.1, 0.15) is 21.8 Å². The zero-order valence-electron chi connectivity index (χ0n) is 9.11. The molecule has 0 saturated carbocycles. The molecule has 17 heavy (non-hydrogen) atoms. The van der Waals surface area contributed by atoms with Crippen molar-refractivity contribution in [2.75, 3.05) is 0 Å². The van der Waals surface area contributed by atoms with Crippen LogP contribution in [0.3, 0.4) is 0 Å². The van der Waals surface area contributed by atoms with Gasteiger partial charge in [-0.1, -0.05) is 16.8 Å². The fraction of sp³-hybridized carbons (Fsp3) is 0.182. The van der Waals surface area contributed by atoms with Crippen LogP contribution in [0.4, 0.5) is 0 Å². The van der Waals surface area contributed by atoms with Gasteiger partial charge in [0.2, 0.25) is 0 Å². The molecule has 0 aromatic carbocycles. The minimum absolute atomic E-state index is 0.267. The molecule has 0 atom stereocenters. The molecule has 2 aromatic heterocycles. The van der Waals surface area contributed by atoms with E-state index in [4.69, 9.17) is 16.1 Å². The van der Waals surface area contributed by atoms with Gasteiger partial charge >= 0.3 is 0 Å². The third kappa shape index (κ3) is 2.82. The zero-order valence-corrected chi connectivity index (χ0v) is 9.86. The number of hydrogen-bond donors (Lipinski definition) is 1. The van der Waals surface area contributed by atoms with Gasteiger partial charge in [0.15, 0.2) is 5.76 Å². The molecule has 5 nitrogen and oxygen atoms in total. The normalized spacial score (nSPS) is 10.2. The number of nitrogens with one attached hydrogen (secondary N) is 1. The minimum atomic E-state index is -0.293. The third-order valence-electron chi connectivity index (χ3n) is 2.15. The van der Waals surface area contributed by atoms with Crippen molar-refractivity contribution in [3.8, 4) is 0 Å². The summed E-state index contributed by atoms with van der Waals surface area (Å²) in [6, 6.07) is 3.32. The highest BCUT2D eigenvalue weighted by molar-refractivity contribution is 6.33. The summed E-state index contributed by atoms with van der Waals surface area (Å²) in [5.74, 6) is 0.286. The quantitative estimate of drug-likeness (QED) is 0.906. The largest absolute Gasteiger partial charge is 0.360 e. The Bertz CT molecular complexity index is 526. The molecule has 0 aliphatic heterocycles. The van der Waals surface area contributed by atoms with Gasteiger partial charge in [-0.15, -0.1) is 0 Å². The van der Waals surface area contributed by atoms with E-state index in [-0.39, 0.29) is 12.5 Å². The number of rotatable bonds is 3. The number of halogens is 1. The van der Waals surface area contributed by atoms with Crippen LogP contribution in [0.2, 0.25) is 5.02 Å². The van der Waals surface area contributed by atoms with Crippen molar-refractivity contribution in [3.63, 3.8) is 0 Å². The van der Waals surface area contributed by atoms with Gasteiger partial charge in [0.05, 0.1) is 23.3 Å². The topological polar surface area (TPSA) is 68.0 Å². The van der Waals surface area contributed by atoms with Gasteiger partial charge < -0.3 is 9.84 Å². The van der Waals surface area contributed by atoms with E-state index in [0.29, 0.717) is 16.3 Å². The highest BCUT2D eigenvalue weighted by Gasteiger charge is 2.11. The summed E-state index contributed by atoms with van der Waals surface area (Å²) < 4.78 is 4.86. The Hall–Kier alpha value is -1.88. The van der Waals surface area contributed by atoms with E-state index in [0.717, 1.165) is 5.69 Å². The zero-order chi connectivity index (χ0) is 12.3. The molecular formula is C11H10ClN3O2. The van der Waals surface area contributed by atoms with Gasteiger partial charge in [-0.3, -0.25) is 9.78 Å². The summed E-state index contributed by atoms with van der Waals surface area (Å²) in [7, 11) is 0. The molecule has 0 aliphatic rings. The van der Waals surface area contributed by atoms with Crippen LogP contribution in [-0.2, 0) is 6.54 Å². The average molecular weight is 252 g/mol. The Morgan fingerprint density at radius 3 is 3.06 bits per heavy atom. The molecule has 0 aliphatic carbocycles. The fourth-order valence-corrected chi connectivity index (χ4v) is 1.58. The van der Waals surface area contributed by atoms with Gasteiger partial charge in [0, 0.05) is 18.0 Å². The molecule has 1 amide bonds. The summed E-state index contributed by atoms with van der Waals surface area (Å²) in [6.07, 6.45) is 2.97. The van der Waals surface area contributed by atoms with Crippen LogP contribution in [0.5, 0.6) is 0 Å². The Morgan fingerprint density at radius 1 is 1.59 bits per heavy atom. The first-order valence-corrected chi connectivity index (χ1v) is 5.34. The van der Waals surface area contributed by atoms with Crippen LogP contribution in [-0.4, -0.2) is 16.0 Å². The first-order valence-electron chi connectivity index (χ1n) is 4.96. The average Bonchev–Trinajstić information content (AvgIpc) is 2.78. The van der Waals surface area contributed by atoms with Gasteiger partial charge in [-0.25, -0.2) is 0 Å². The highest BCUT2D eigenvalue weighted by atomic mass is 35.5. The first kappa shape index (κ1) is 11.6. The highest BCUT2D eigenvalue weighted by Crippen LogP contribution is 2.15. The van der Waals surface area contributed by atoms with Crippen LogP contribution in [0.15, 0.2) is 29.0 Å². The molecule has 6 heteroatoms. The lowest BCUT2D eigenvalue weighted by Gasteiger charge is -2.05. The molecule has 0 fully saturated rings. The number of amides is 1. The number of carbonyl (C=O) groups is 1. The predicted molar refractivity (Wildman–Crippen MR) is 61.7 cm³/mol. The third-order valence-corrected chi connectivity index (χ3v) is 2.46. The standard InChI is InChI=1S/C11H10ClN3O2/c1-7-4-10(12)9(6-13-7)11(16)14-5-8-2-3-15-17-8/h2-4,6H,5H2,1H3,(H,14,16). The second-order valence-electron chi connectivity index (χ2n) is 3.47. The number of aromatic nitrogens is 2. The van der Waals surface area contributed by atoms with Crippen LogP contribution in [0, 0.1) is 6.92 Å². The van der Waals surface area contributed by atoms with Crippen molar-refractivity contribution in [1.82, 2.24) is 15.5 Å². The Labute approximate surface area is 103 Å². The van der Waals surface area contributed by atoms with Crippen LogP contribution >= 0.6 is 11.6 Å². The second-order valence-corrected chi connectivity index (χ2v) is 3.87. The molecule has 2 rings (SSSR count). The first-order chi connectivity index (χ1) is 8.16. The maximum Gasteiger partial charge on any atom is 0.254 e. The van der Waals surface area contributed by atoms with Crippen molar-refractivity contribution in [3.05, 3.63) is 46.6 Å². The van der Waals surface area contributed by atoms with Crippen molar-refractivity contribution in [2.45, 2.75) is 13.5 Å². The van der Waals surface area contributed by atoms with Crippen LogP contribution < -0.4 is 5.32 Å². The van der Waals surface area contributed by atoms with Gasteiger partial charge in [0.1, 0.15) is 0 Å². The van der Waals surface area contributed by atoms with E-state index in [2.05, 4.69) is 15.5 Å². The summed E-state index contributed by atoms with van der Waals surface area (Å²) in [6.45, 7) is 2.07. The van der Waals surface area contributed by atoms with Gasteiger partial charge in [-0.05, 0) is 13.0 Å². The predicted octanol–water partition coefficient (Wildman–Crippen LogP) is 1.96. The molecule has 0 unspecified atom stereocenters. The monoisotopic (exact) mass is 251 g/mol. The molecule has 0 bridgehead atoms. The van der Waals surface area contributed by atoms with E-state index in [9.17, 15) is 4.79 Å². The lowest BCUT2D eigenvalue weighted by atomic mass is 10.2. The molecular weight excluding hydrogens is 242 g/mol. The number of carbonyl (C=O) groups excluding carboxylic acids is 1. The van der Waals surface area contributed by atoms with E-state index in [1.54, 1.807) is 12.1 Å². The molecule has 0 saturated heterocycles. The molecule has 0 radical (unpaired) electrons. The molecule has 88 valence electrons. The number of aryl methyl sites for hydroxylation is 1. The smallest absolute Gasteiger partial charge is 0.254 e. The van der Waals surface area contributed by atoms with E-state index in [1.807, 2.05) is 6.92 Å². The molecule has 2 heterocycles. The Kier molecular flexibility index (Phi) is 3.39. The Balaban J connectivity index is 2.04.